The first-order valence-electron chi connectivity index (χ1n) is 7.79. The zero-order valence-corrected chi connectivity index (χ0v) is 14.1. The first-order chi connectivity index (χ1) is 11.1. The van der Waals surface area contributed by atoms with E-state index in [1.165, 1.54) is 22.6 Å². The van der Waals surface area contributed by atoms with E-state index in [0.717, 1.165) is 31.7 Å². The van der Waals surface area contributed by atoms with Crippen molar-refractivity contribution in [1.82, 2.24) is 5.32 Å². The SMILES string of the molecule is C[NH+](CCCNC(=S)Nc1ccc(F)cc1)Cc1ccccc1. The third-order valence-electron chi connectivity index (χ3n) is 3.52. The van der Waals surface area contributed by atoms with Crippen LogP contribution in [0.2, 0.25) is 0 Å². The van der Waals surface area contributed by atoms with Gasteiger partial charge >= 0.3 is 0 Å². The molecule has 0 aromatic heterocycles. The van der Waals surface area contributed by atoms with E-state index in [0.29, 0.717) is 5.11 Å². The van der Waals surface area contributed by atoms with E-state index in [4.69, 9.17) is 12.2 Å². The number of nitrogens with one attached hydrogen (secondary N) is 3. The molecule has 2 rings (SSSR count). The van der Waals surface area contributed by atoms with Crippen LogP contribution in [0.3, 0.4) is 0 Å². The van der Waals surface area contributed by atoms with Crippen LogP contribution < -0.4 is 15.5 Å². The molecule has 1 unspecified atom stereocenters. The van der Waals surface area contributed by atoms with Crippen molar-refractivity contribution in [3.05, 3.63) is 66.0 Å². The van der Waals surface area contributed by atoms with Crippen LogP contribution >= 0.6 is 12.2 Å². The van der Waals surface area contributed by atoms with Gasteiger partial charge in [-0.1, -0.05) is 30.3 Å². The summed E-state index contributed by atoms with van der Waals surface area (Å²) in [6.45, 7) is 2.92. The Bertz CT molecular complexity index is 601. The normalized spacial score (nSPS) is 11.7. The highest BCUT2D eigenvalue weighted by Gasteiger charge is 2.03. The lowest BCUT2D eigenvalue weighted by Gasteiger charge is -2.15. The van der Waals surface area contributed by atoms with Gasteiger partial charge in [-0.2, -0.15) is 0 Å². The Morgan fingerprint density at radius 3 is 2.48 bits per heavy atom. The molecule has 23 heavy (non-hydrogen) atoms. The standard InChI is InChI=1S/C18H22FN3S/c1-22(14-15-6-3-2-4-7-15)13-5-12-20-18(23)21-17-10-8-16(19)9-11-17/h2-4,6-11H,5,12-14H2,1H3,(H2,20,21,23)/p+1. The van der Waals surface area contributed by atoms with Crippen LogP contribution in [-0.2, 0) is 6.54 Å². The second-order valence-corrected chi connectivity index (χ2v) is 6.02. The van der Waals surface area contributed by atoms with Gasteiger partial charge in [-0.05, 0) is 36.5 Å². The molecule has 3 N–H and O–H groups in total. The van der Waals surface area contributed by atoms with E-state index in [2.05, 4.69) is 41.9 Å². The first kappa shape index (κ1) is 17.4. The van der Waals surface area contributed by atoms with Gasteiger partial charge in [0.05, 0.1) is 13.6 Å². The Hall–Kier alpha value is -1.98. The van der Waals surface area contributed by atoms with Crippen molar-refractivity contribution in [3.8, 4) is 0 Å². The molecular formula is C18H23FN3S+. The molecular weight excluding hydrogens is 309 g/mol. The lowest BCUT2D eigenvalue weighted by atomic mass is 10.2. The monoisotopic (exact) mass is 332 g/mol. The molecule has 0 saturated carbocycles. The quantitative estimate of drug-likeness (QED) is 0.536. The number of hydrogen-bond donors (Lipinski definition) is 3. The lowest BCUT2D eigenvalue weighted by molar-refractivity contribution is -0.893. The summed E-state index contributed by atoms with van der Waals surface area (Å²) in [6, 6.07) is 16.7. The summed E-state index contributed by atoms with van der Waals surface area (Å²) in [5.41, 5.74) is 2.14. The van der Waals surface area contributed by atoms with Gasteiger partial charge in [-0.15, -0.1) is 0 Å². The van der Waals surface area contributed by atoms with E-state index in [1.807, 2.05) is 6.07 Å². The minimum absolute atomic E-state index is 0.251. The average molecular weight is 332 g/mol. The Labute approximate surface area is 142 Å². The van der Waals surface area contributed by atoms with Crippen molar-refractivity contribution in [2.24, 2.45) is 0 Å². The van der Waals surface area contributed by atoms with Gasteiger partial charge in [0, 0.05) is 24.2 Å². The zero-order valence-electron chi connectivity index (χ0n) is 13.3. The van der Waals surface area contributed by atoms with Crippen LogP contribution in [0, 0.1) is 5.82 Å². The summed E-state index contributed by atoms with van der Waals surface area (Å²) in [6.07, 6.45) is 1.03. The molecule has 0 spiro atoms. The minimum Gasteiger partial charge on any atom is -0.362 e. The fourth-order valence-corrected chi connectivity index (χ4v) is 2.55. The summed E-state index contributed by atoms with van der Waals surface area (Å²) in [5.74, 6) is -0.251. The number of hydrogen-bond acceptors (Lipinski definition) is 1. The number of thiocarbonyl (C=S) groups is 1. The molecule has 0 aliphatic rings. The number of halogens is 1. The highest BCUT2D eigenvalue weighted by molar-refractivity contribution is 7.80. The zero-order chi connectivity index (χ0) is 16.5. The van der Waals surface area contributed by atoms with Crippen molar-refractivity contribution in [1.29, 1.82) is 0 Å². The summed E-state index contributed by atoms with van der Waals surface area (Å²) in [4.78, 5) is 1.47. The molecule has 1 atom stereocenters. The van der Waals surface area contributed by atoms with Crippen LogP contribution in [0.5, 0.6) is 0 Å². The molecule has 0 radical (unpaired) electrons. The second-order valence-electron chi connectivity index (χ2n) is 5.61. The summed E-state index contributed by atoms with van der Waals surface area (Å²) >= 11 is 5.23. The van der Waals surface area contributed by atoms with E-state index in [9.17, 15) is 4.39 Å². The van der Waals surface area contributed by atoms with E-state index in [1.54, 1.807) is 12.1 Å². The Kier molecular flexibility index (Phi) is 6.97. The van der Waals surface area contributed by atoms with Crippen molar-refractivity contribution >= 4 is 23.0 Å². The fourth-order valence-electron chi connectivity index (χ4n) is 2.33. The van der Waals surface area contributed by atoms with Gasteiger partial charge in [0.2, 0.25) is 0 Å². The Morgan fingerprint density at radius 1 is 1.09 bits per heavy atom. The second kappa shape index (κ2) is 9.22. The molecule has 0 amide bonds. The maximum absolute atomic E-state index is 12.8. The Balaban J connectivity index is 1.61. The summed E-state index contributed by atoms with van der Waals surface area (Å²) in [5, 5.41) is 6.79. The maximum Gasteiger partial charge on any atom is 0.170 e. The third-order valence-corrected chi connectivity index (χ3v) is 3.76. The largest absolute Gasteiger partial charge is 0.362 e. The fraction of sp³-hybridized carbons (Fsp3) is 0.278. The Morgan fingerprint density at radius 2 is 1.78 bits per heavy atom. The van der Waals surface area contributed by atoms with E-state index in [-0.39, 0.29) is 5.82 Å². The van der Waals surface area contributed by atoms with Crippen molar-refractivity contribution in [2.75, 3.05) is 25.5 Å². The number of anilines is 1. The molecule has 5 heteroatoms. The third kappa shape index (κ3) is 6.76. The summed E-state index contributed by atoms with van der Waals surface area (Å²) < 4.78 is 12.8. The van der Waals surface area contributed by atoms with Gasteiger partial charge in [-0.25, -0.2) is 4.39 Å². The molecule has 0 fully saturated rings. The number of benzene rings is 2. The van der Waals surface area contributed by atoms with Crippen LogP contribution in [0.1, 0.15) is 12.0 Å². The highest BCUT2D eigenvalue weighted by atomic mass is 32.1. The smallest absolute Gasteiger partial charge is 0.170 e. The van der Waals surface area contributed by atoms with Crippen molar-refractivity contribution in [3.63, 3.8) is 0 Å². The topological polar surface area (TPSA) is 28.5 Å². The molecule has 0 bridgehead atoms. The van der Waals surface area contributed by atoms with Gasteiger partial charge in [0.15, 0.2) is 5.11 Å². The minimum atomic E-state index is -0.251. The van der Waals surface area contributed by atoms with E-state index < -0.39 is 0 Å². The first-order valence-corrected chi connectivity index (χ1v) is 8.20. The molecule has 0 aliphatic carbocycles. The summed E-state index contributed by atoms with van der Waals surface area (Å²) in [7, 11) is 2.20. The predicted octanol–water partition coefficient (Wildman–Crippen LogP) is 2.22. The van der Waals surface area contributed by atoms with Crippen LogP contribution in [-0.4, -0.2) is 25.2 Å². The molecule has 3 nitrogen and oxygen atoms in total. The molecule has 0 saturated heterocycles. The van der Waals surface area contributed by atoms with Gasteiger partial charge < -0.3 is 15.5 Å². The van der Waals surface area contributed by atoms with Crippen LogP contribution in [0.4, 0.5) is 10.1 Å². The maximum atomic E-state index is 12.8. The van der Waals surface area contributed by atoms with Crippen molar-refractivity contribution in [2.45, 2.75) is 13.0 Å². The lowest BCUT2D eigenvalue weighted by Crippen LogP contribution is -3.07. The highest BCUT2D eigenvalue weighted by Crippen LogP contribution is 2.07. The number of quaternary nitrogens is 1. The van der Waals surface area contributed by atoms with Crippen LogP contribution in [0.15, 0.2) is 54.6 Å². The molecule has 122 valence electrons. The van der Waals surface area contributed by atoms with Crippen LogP contribution in [0.25, 0.3) is 0 Å². The number of rotatable bonds is 7. The molecule has 2 aromatic carbocycles. The van der Waals surface area contributed by atoms with Gasteiger partial charge in [0.25, 0.3) is 0 Å². The predicted molar refractivity (Wildman–Crippen MR) is 97.1 cm³/mol. The molecule has 0 heterocycles. The van der Waals surface area contributed by atoms with E-state index >= 15 is 0 Å². The average Bonchev–Trinajstić information content (AvgIpc) is 2.55. The van der Waals surface area contributed by atoms with Gasteiger partial charge in [-0.3, -0.25) is 0 Å². The molecule has 2 aromatic rings. The molecule has 0 aliphatic heterocycles. The van der Waals surface area contributed by atoms with Gasteiger partial charge in [0.1, 0.15) is 12.4 Å². The van der Waals surface area contributed by atoms with Crippen molar-refractivity contribution < 1.29 is 9.29 Å².